The van der Waals surface area contributed by atoms with Crippen LogP contribution in [0.25, 0.3) is 11.5 Å². The number of amides is 1. The van der Waals surface area contributed by atoms with Gasteiger partial charge in [-0.3, -0.25) is 14.2 Å². The molecule has 0 unspecified atom stereocenters. The maximum Gasteiger partial charge on any atom is 0.269 e. The first-order chi connectivity index (χ1) is 18.7. The van der Waals surface area contributed by atoms with Crippen LogP contribution < -0.4 is 5.73 Å². The molecule has 0 saturated heterocycles. The van der Waals surface area contributed by atoms with Crippen LogP contribution in [-0.4, -0.2) is 46.1 Å². The highest BCUT2D eigenvalue weighted by atomic mass is 16.1. The van der Waals surface area contributed by atoms with E-state index in [1.165, 1.54) is 34.5 Å². The van der Waals surface area contributed by atoms with Crippen molar-refractivity contribution in [1.82, 2.24) is 40.2 Å². The quantitative estimate of drug-likeness (QED) is 0.363. The smallest absolute Gasteiger partial charge is 0.269 e. The Kier molecular flexibility index (Phi) is 6.51. The van der Waals surface area contributed by atoms with E-state index in [9.17, 15) is 4.79 Å². The second kappa shape index (κ2) is 10.4. The number of rotatable bonds is 6. The number of nitrogens with two attached hydrogens (primary N) is 1. The van der Waals surface area contributed by atoms with Gasteiger partial charge in [-0.05, 0) is 54.9 Å². The fourth-order valence-electron chi connectivity index (χ4n) is 5.43. The minimum atomic E-state index is -0.417. The van der Waals surface area contributed by atoms with Crippen molar-refractivity contribution in [1.29, 1.82) is 0 Å². The number of nitrogens with zero attached hydrogens (tertiary/aromatic N) is 7. The van der Waals surface area contributed by atoms with E-state index in [1.54, 1.807) is 0 Å². The Morgan fingerprint density at radius 1 is 0.789 bits per heavy atom. The van der Waals surface area contributed by atoms with Crippen LogP contribution >= 0.6 is 0 Å². The Morgan fingerprint density at radius 3 is 1.95 bits per heavy atom. The number of primary amides is 1. The van der Waals surface area contributed by atoms with Crippen LogP contribution in [0.4, 0.5) is 0 Å². The summed E-state index contributed by atoms with van der Waals surface area (Å²) >= 11 is 0. The molecule has 0 radical (unpaired) electrons. The molecule has 0 spiro atoms. The molecule has 7 rings (SSSR count). The summed E-state index contributed by atoms with van der Waals surface area (Å²) in [6, 6.07) is 20.5. The number of fused-ring (bicyclic) bond motifs is 2. The molecule has 10 heteroatoms. The first-order valence-electron chi connectivity index (χ1n) is 13.0. The van der Waals surface area contributed by atoms with Crippen LogP contribution in [0, 0.1) is 0 Å². The second-order valence-electron chi connectivity index (χ2n) is 9.64. The minimum Gasteiger partial charge on any atom is -0.364 e. The molecule has 0 fully saturated rings. The van der Waals surface area contributed by atoms with Gasteiger partial charge in [-0.15, -0.1) is 10.2 Å². The number of H-pyrrole nitrogens is 1. The highest BCUT2D eigenvalue weighted by Gasteiger charge is 2.26. The summed E-state index contributed by atoms with van der Waals surface area (Å²) in [4.78, 5) is 11.4. The SMILES string of the molecule is NC(=O)c1nn(Cc2ccccc2)c2c1CCC2.c1ccc(Cn2nc(-c3nn[nH]n3)c3c2CCC3)cc1. The van der Waals surface area contributed by atoms with Gasteiger partial charge in [0, 0.05) is 22.5 Å². The van der Waals surface area contributed by atoms with Crippen LogP contribution in [0.1, 0.15) is 57.0 Å². The Bertz CT molecular complexity index is 1540. The van der Waals surface area contributed by atoms with E-state index in [1.807, 2.05) is 28.9 Å². The van der Waals surface area contributed by atoms with Gasteiger partial charge < -0.3 is 5.73 Å². The van der Waals surface area contributed by atoms with Gasteiger partial charge in [0.25, 0.3) is 5.91 Å². The maximum absolute atomic E-state index is 11.4. The molecule has 0 bridgehead atoms. The minimum absolute atomic E-state index is 0.417. The average Bonchev–Trinajstić information content (AvgIpc) is 3.75. The summed E-state index contributed by atoms with van der Waals surface area (Å²) in [7, 11) is 0. The predicted octanol–water partition coefficient (Wildman–Crippen LogP) is 3.12. The molecule has 38 heavy (non-hydrogen) atoms. The number of aromatic amines is 1. The van der Waals surface area contributed by atoms with E-state index < -0.39 is 5.91 Å². The predicted molar refractivity (Wildman–Crippen MR) is 141 cm³/mol. The van der Waals surface area contributed by atoms with Gasteiger partial charge in [0.05, 0.1) is 13.1 Å². The summed E-state index contributed by atoms with van der Waals surface area (Å²) in [6.45, 7) is 1.50. The normalized spacial score (nSPS) is 13.6. The fraction of sp³-hybridized carbons (Fsp3) is 0.286. The summed E-state index contributed by atoms with van der Waals surface area (Å²) in [5.74, 6) is 0.176. The van der Waals surface area contributed by atoms with E-state index in [2.05, 4.69) is 66.8 Å². The van der Waals surface area contributed by atoms with Gasteiger partial charge in [0.2, 0.25) is 5.82 Å². The second-order valence-corrected chi connectivity index (χ2v) is 9.64. The number of hydrogen-bond acceptors (Lipinski definition) is 6. The van der Waals surface area contributed by atoms with Crippen LogP contribution in [0.15, 0.2) is 60.7 Å². The summed E-state index contributed by atoms with van der Waals surface area (Å²) in [6.07, 6.45) is 6.29. The standard InChI is InChI=1S/C14H14N6.C14H15N3O/c1-2-5-10(6-3-1)9-20-12-8-4-7-11(12)13(17-20)14-15-18-19-16-14;15-14(18)13-11-7-4-8-12(11)17(16-13)9-10-5-2-1-3-6-10/h1-3,5-6H,4,7-9H2,(H,15,16,18,19);1-3,5-6H,4,7-9H2,(H2,15,18). The van der Waals surface area contributed by atoms with Gasteiger partial charge in [0.1, 0.15) is 5.69 Å². The van der Waals surface area contributed by atoms with Gasteiger partial charge >= 0.3 is 0 Å². The van der Waals surface area contributed by atoms with Crippen molar-refractivity contribution in [3.8, 4) is 11.5 Å². The Labute approximate surface area is 219 Å². The average molecular weight is 508 g/mol. The summed E-state index contributed by atoms with van der Waals surface area (Å²) < 4.78 is 4.01. The summed E-state index contributed by atoms with van der Waals surface area (Å²) in [5.41, 5.74) is 14.0. The third-order valence-corrected chi connectivity index (χ3v) is 7.15. The van der Waals surface area contributed by atoms with Crippen molar-refractivity contribution in [2.24, 2.45) is 5.73 Å². The zero-order valence-electron chi connectivity index (χ0n) is 21.0. The molecule has 5 aromatic rings. The van der Waals surface area contributed by atoms with Crippen molar-refractivity contribution < 1.29 is 4.79 Å². The number of tetrazole rings is 1. The molecule has 3 N–H and O–H groups in total. The number of hydrogen-bond donors (Lipinski definition) is 2. The third kappa shape index (κ3) is 4.72. The molecule has 2 aromatic carbocycles. The molecule has 2 aliphatic carbocycles. The van der Waals surface area contributed by atoms with Crippen LogP contribution in [-0.2, 0) is 38.8 Å². The number of carbonyl (C=O) groups excluding carboxylic acids is 1. The molecule has 0 saturated carbocycles. The van der Waals surface area contributed by atoms with E-state index in [-0.39, 0.29) is 0 Å². The topological polar surface area (TPSA) is 133 Å². The maximum atomic E-state index is 11.4. The zero-order valence-corrected chi connectivity index (χ0v) is 21.0. The first kappa shape index (κ1) is 23.8. The molecular formula is C28H29N9O. The van der Waals surface area contributed by atoms with Crippen molar-refractivity contribution in [2.75, 3.05) is 0 Å². The Morgan fingerprint density at radius 2 is 1.37 bits per heavy atom. The van der Waals surface area contributed by atoms with E-state index in [0.29, 0.717) is 18.1 Å². The number of benzene rings is 2. The van der Waals surface area contributed by atoms with Crippen molar-refractivity contribution in [3.63, 3.8) is 0 Å². The van der Waals surface area contributed by atoms with Gasteiger partial charge in [-0.2, -0.15) is 15.4 Å². The van der Waals surface area contributed by atoms with E-state index >= 15 is 0 Å². The Hall–Kier alpha value is -4.60. The van der Waals surface area contributed by atoms with Crippen LogP contribution in [0.5, 0.6) is 0 Å². The van der Waals surface area contributed by atoms with Crippen molar-refractivity contribution in [3.05, 3.63) is 100.0 Å². The molecule has 1 amide bonds. The fourth-order valence-corrected chi connectivity index (χ4v) is 5.43. The lowest BCUT2D eigenvalue weighted by atomic mass is 10.2. The first-order valence-corrected chi connectivity index (χ1v) is 13.0. The van der Waals surface area contributed by atoms with Crippen LogP contribution in [0.2, 0.25) is 0 Å². The molecule has 2 aliphatic rings. The molecule has 192 valence electrons. The zero-order chi connectivity index (χ0) is 25.9. The van der Waals surface area contributed by atoms with E-state index in [0.717, 1.165) is 49.9 Å². The highest BCUT2D eigenvalue weighted by Crippen LogP contribution is 2.30. The highest BCUT2D eigenvalue weighted by molar-refractivity contribution is 5.92. The molecule has 10 nitrogen and oxygen atoms in total. The number of nitrogens with one attached hydrogen (secondary N) is 1. The monoisotopic (exact) mass is 507 g/mol. The lowest BCUT2D eigenvalue weighted by Gasteiger charge is -2.05. The van der Waals surface area contributed by atoms with Crippen molar-refractivity contribution >= 4 is 5.91 Å². The van der Waals surface area contributed by atoms with Crippen LogP contribution in [0.3, 0.4) is 0 Å². The molecule has 0 aliphatic heterocycles. The van der Waals surface area contributed by atoms with Gasteiger partial charge in [-0.25, -0.2) is 0 Å². The summed E-state index contributed by atoms with van der Waals surface area (Å²) in [5, 5.41) is 23.3. The Balaban J connectivity index is 0.000000140. The lowest BCUT2D eigenvalue weighted by Crippen LogP contribution is -2.14. The van der Waals surface area contributed by atoms with Gasteiger partial charge in [0.15, 0.2) is 5.69 Å². The molecule has 0 atom stereocenters. The van der Waals surface area contributed by atoms with Crippen molar-refractivity contribution in [2.45, 2.75) is 51.6 Å². The van der Waals surface area contributed by atoms with E-state index in [4.69, 9.17) is 10.8 Å². The lowest BCUT2D eigenvalue weighted by molar-refractivity contribution is 0.0994. The molecule has 3 heterocycles. The molecule has 3 aromatic heterocycles. The number of carbonyl (C=O) groups is 1. The van der Waals surface area contributed by atoms with Gasteiger partial charge in [-0.1, -0.05) is 60.7 Å². The third-order valence-electron chi connectivity index (χ3n) is 7.15. The number of aromatic nitrogens is 8. The molecular weight excluding hydrogens is 478 g/mol. The largest absolute Gasteiger partial charge is 0.364 e.